The molecule has 1 heterocycles. The van der Waals surface area contributed by atoms with Gasteiger partial charge in [-0.15, -0.1) is 0 Å². The summed E-state index contributed by atoms with van der Waals surface area (Å²) in [6, 6.07) is 10.8. The van der Waals surface area contributed by atoms with Crippen molar-refractivity contribution in [2.24, 2.45) is 0 Å². The van der Waals surface area contributed by atoms with Crippen LogP contribution in [0, 0.1) is 0 Å². The predicted molar refractivity (Wildman–Crippen MR) is 72.6 cm³/mol. The van der Waals surface area contributed by atoms with Gasteiger partial charge < -0.3 is 4.52 Å². The Morgan fingerprint density at radius 2 is 2.05 bits per heavy atom. The van der Waals surface area contributed by atoms with Crippen molar-refractivity contribution in [1.82, 2.24) is 15.0 Å². The van der Waals surface area contributed by atoms with Crippen molar-refractivity contribution in [2.45, 2.75) is 38.3 Å². The molecule has 0 bridgehead atoms. The monoisotopic (exact) mass is 257 g/mol. The van der Waals surface area contributed by atoms with Gasteiger partial charge in [-0.05, 0) is 32.4 Å². The van der Waals surface area contributed by atoms with Crippen molar-refractivity contribution in [3.63, 3.8) is 0 Å². The van der Waals surface area contributed by atoms with Crippen molar-refractivity contribution < 1.29 is 4.52 Å². The lowest BCUT2D eigenvalue weighted by molar-refractivity contribution is 0.216. The van der Waals surface area contributed by atoms with Crippen LogP contribution in [0.1, 0.15) is 49.0 Å². The van der Waals surface area contributed by atoms with Crippen LogP contribution in [-0.2, 0) is 6.54 Å². The van der Waals surface area contributed by atoms with Crippen molar-refractivity contribution in [1.29, 1.82) is 0 Å². The lowest BCUT2D eigenvalue weighted by Gasteiger charge is -2.23. The van der Waals surface area contributed by atoms with E-state index in [1.54, 1.807) is 0 Å². The minimum Gasteiger partial charge on any atom is -0.338 e. The second-order valence-corrected chi connectivity index (χ2v) is 5.32. The fourth-order valence-electron chi connectivity index (χ4n) is 2.18. The molecule has 1 aromatic carbocycles. The molecule has 1 fully saturated rings. The summed E-state index contributed by atoms with van der Waals surface area (Å²) >= 11 is 0. The first-order valence-corrected chi connectivity index (χ1v) is 6.81. The summed E-state index contributed by atoms with van der Waals surface area (Å²) in [5.41, 5.74) is 1.30. The zero-order chi connectivity index (χ0) is 13.2. The van der Waals surface area contributed by atoms with Gasteiger partial charge in [-0.25, -0.2) is 0 Å². The molecule has 1 aromatic heterocycles. The first kappa shape index (κ1) is 12.4. The topological polar surface area (TPSA) is 42.2 Å². The molecule has 1 aliphatic rings. The number of rotatable bonds is 5. The maximum atomic E-state index is 5.32. The van der Waals surface area contributed by atoms with Crippen LogP contribution in [-0.4, -0.2) is 22.1 Å². The Morgan fingerprint density at radius 3 is 2.74 bits per heavy atom. The quantitative estimate of drug-likeness (QED) is 0.825. The highest BCUT2D eigenvalue weighted by Gasteiger charge is 2.29. The van der Waals surface area contributed by atoms with Crippen LogP contribution >= 0.6 is 0 Å². The van der Waals surface area contributed by atoms with Gasteiger partial charge in [0, 0.05) is 12.0 Å². The summed E-state index contributed by atoms with van der Waals surface area (Å²) in [4.78, 5) is 6.69. The summed E-state index contributed by atoms with van der Waals surface area (Å²) in [5.74, 6) is 2.15. The third-order valence-corrected chi connectivity index (χ3v) is 3.75. The van der Waals surface area contributed by atoms with E-state index in [4.69, 9.17) is 4.52 Å². The van der Waals surface area contributed by atoms with Crippen LogP contribution < -0.4 is 0 Å². The second-order valence-electron chi connectivity index (χ2n) is 5.32. The number of hydrogen-bond acceptors (Lipinski definition) is 4. The Balaban J connectivity index is 1.64. The molecule has 100 valence electrons. The van der Waals surface area contributed by atoms with Crippen LogP contribution in [0.2, 0.25) is 0 Å². The summed E-state index contributed by atoms with van der Waals surface area (Å²) in [6.45, 7) is 2.88. The summed E-state index contributed by atoms with van der Waals surface area (Å²) < 4.78 is 5.32. The largest absolute Gasteiger partial charge is 0.338 e. The lowest BCUT2D eigenvalue weighted by Crippen LogP contribution is -2.22. The standard InChI is InChI=1S/C15H19N3O/c1-11(12-6-4-3-5-7-12)18(2)10-14-16-15(17-19-14)13-8-9-13/h3-7,11,13H,8-10H2,1-2H3/t11-/m0/s1. The molecule has 4 nitrogen and oxygen atoms in total. The van der Waals surface area contributed by atoms with E-state index >= 15 is 0 Å². The minimum atomic E-state index is 0.331. The molecule has 0 unspecified atom stereocenters. The van der Waals surface area contributed by atoms with Gasteiger partial charge >= 0.3 is 0 Å². The lowest BCUT2D eigenvalue weighted by atomic mass is 10.1. The predicted octanol–water partition coefficient (Wildman–Crippen LogP) is 3.14. The average Bonchev–Trinajstić information content (AvgIpc) is 3.20. The van der Waals surface area contributed by atoms with E-state index in [1.807, 2.05) is 6.07 Å². The summed E-state index contributed by atoms with van der Waals surface area (Å²) in [5, 5.41) is 4.05. The van der Waals surface area contributed by atoms with Gasteiger partial charge in [-0.2, -0.15) is 4.98 Å². The molecule has 19 heavy (non-hydrogen) atoms. The van der Waals surface area contributed by atoms with Crippen molar-refractivity contribution in [2.75, 3.05) is 7.05 Å². The molecular formula is C15H19N3O. The van der Waals surface area contributed by atoms with Crippen LogP contribution in [0.4, 0.5) is 0 Å². The van der Waals surface area contributed by atoms with Gasteiger partial charge in [0.1, 0.15) is 0 Å². The summed E-state index contributed by atoms with van der Waals surface area (Å²) in [7, 11) is 2.08. The Hall–Kier alpha value is -1.68. The smallest absolute Gasteiger partial charge is 0.240 e. The Bertz CT molecular complexity index is 533. The van der Waals surface area contributed by atoms with Crippen LogP contribution in [0.3, 0.4) is 0 Å². The fraction of sp³-hybridized carbons (Fsp3) is 0.467. The molecule has 2 aromatic rings. The highest BCUT2D eigenvalue weighted by atomic mass is 16.5. The SMILES string of the molecule is C[C@@H](c1ccccc1)N(C)Cc1nc(C2CC2)no1. The Labute approximate surface area is 113 Å². The molecule has 1 aliphatic carbocycles. The Morgan fingerprint density at radius 1 is 1.32 bits per heavy atom. The maximum absolute atomic E-state index is 5.32. The molecule has 4 heteroatoms. The average molecular weight is 257 g/mol. The van der Waals surface area contributed by atoms with E-state index in [0.717, 1.165) is 5.82 Å². The minimum absolute atomic E-state index is 0.331. The normalized spacial score (nSPS) is 16.8. The van der Waals surface area contributed by atoms with E-state index in [2.05, 4.69) is 53.3 Å². The number of nitrogens with zero attached hydrogens (tertiary/aromatic N) is 3. The van der Waals surface area contributed by atoms with Crippen LogP contribution in [0.15, 0.2) is 34.9 Å². The molecular weight excluding hydrogens is 238 g/mol. The van der Waals surface area contributed by atoms with E-state index in [9.17, 15) is 0 Å². The van der Waals surface area contributed by atoms with Crippen molar-refractivity contribution in [3.8, 4) is 0 Å². The molecule has 0 spiro atoms. The van der Waals surface area contributed by atoms with Gasteiger partial charge in [0.15, 0.2) is 5.82 Å². The van der Waals surface area contributed by atoms with Crippen LogP contribution in [0.25, 0.3) is 0 Å². The first-order valence-electron chi connectivity index (χ1n) is 6.81. The van der Waals surface area contributed by atoms with Gasteiger partial charge in [0.05, 0.1) is 6.54 Å². The Kier molecular flexibility index (Phi) is 3.34. The van der Waals surface area contributed by atoms with E-state index in [-0.39, 0.29) is 0 Å². The molecule has 1 atom stereocenters. The van der Waals surface area contributed by atoms with Crippen LogP contribution in [0.5, 0.6) is 0 Å². The number of aromatic nitrogens is 2. The molecule has 0 aliphatic heterocycles. The van der Waals surface area contributed by atoms with E-state index < -0.39 is 0 Å². The molecule has 0 radical (unpaired) electrons. The highest BCUT2D eigenvalue weighted by Crippen LogP contribution is 2.38. The van der Waals surface area contributed by atoms with Gasteiger partial charge in [0.25, 0.3) is 0 Å². The molecule has 0 N–H and O–H groups in total. The first-order chi connectivity index (χ1) is 9.24. The zero-order valence-corrected chi connectivity index (χ0v) is 11.4. The number of benzene rings is 1. The van der Waals surface area contributed by atoms with Crippen molar-refractivity contribution >= 4 is 0 Å². The zero-order valence-electron chi connectivity index (χ0n) is 11.4. The van der Waals surface area contributed by atoms with E-state index in [1.165, 1.54) is 18.4 Å². The maximum Gasteiger partial charge on any atom is 0.240 e. The molecule has 3 rings (SSSR count). The van der Waals surface area contributed by atoms with Gasteiger partial charge in [-0.3, -0.25) is 4.90 Å². The third kappa shape index (κ3) is 2.84. The highest BCUT2D eigenvalue weighted by molar-refractivity contribution is 5.18. The van der Waals surface area contributed by atoms with Gasteiger partial charge in [0.2, 0.25) is 5.89 Å². The van der Waals surface area contributed by atoms with Crippen molar-refractivity contribution in [3.05, 3.63) is 47.6 Å². The fourth-order valence-corrected chi connectivity index (χ4v) is 2.18. The second kappa shape index (κ2) is 5.13. The molecule has 0 saturated heterocycles. The molecule has 1 saturated carbocycles. The summed E-state index contributed by atoms with van der Waals surface area (Å²) in [6.07, 6.45) is 2.41. The van der Waals surface area contributed by atoms with E-state index in [0.29, 0.717) is 24.4 Å². The molecule has 0 amide bonds. The van der Waals surface area contributed by atoms with Gasteiger partial charge in [-0.1, -0.05) is 35.5 Å². The third-order valence-electron chi connectivity index (χ3n) is 3.75. The number of hydrogen-bond donors (Lipinski definition) is 0.